The van der Waals surface area contributed by atoms with Crippen molar-refractivity contribution in [3.8, 4) is 5.75 Å². The highest BCUT2D eigenvalue weighted by atomic mass is 28.4. The highest BCUT2D eigenvalue weighted by molar-refractivity contribution is 6.77. The van der Waals surface area contributed by atoms with Gasteiger partial charge in [-0.15, -0.1) is 0 Å². The number of methoxy groups -OCH3 is 3. The molecule has 36 heavy (non-hydrogen) atoms. The zero-order valence-corrected chi connectivity index (χ0v) is 25.4. The van der Waals surface area contributed by atoms with Gasteiger partial charge in [0.15, 0.2) is 12.1 Å². The maximum absolute atomic E-state index is 13.8. The molecular weight excluding hydrogens is 472 g/mol. The molecule has 0 amide bonds. The van der Waals surface area contributed by atoms with E-state index in [1.807, 2.05) is 39.0 Å². The third-order valence-electron chi connectivity index (χ3n) is 8.36. The van der Waals surface area contributed by atoms with Crippen molar-refractivity contribution in [2.45, 2.75) is 97.8 Å². The monoisotopic (exact) mass is 520 g/mol. The third kappa shape index (κ3) is 5.31. The van der Waals surface area contributed by atoms with Crippen LogP contribution in [0.15, 0.2) is 29.5 Å². The maximum Gasteiger partial charge on any atom is 0.258 e. The summed E-state index contributed by atoms with van der Waals surface area (Å²) >= 11 is 0. The number of carbonyl (C=O) groups excluding carboxylic acids is 1. The molecule has 0 saturated heterocycles. The average Bonchev–Trinajstić information content (AvgIpc) is 2.81. The Balaban J connectivity index is 2.66. The standard InChI is InChI=1S/C29H48O6Si/c1-17(2)36(18(3)4,19(5)6)35-24-16-22(29(8,9)27(31)20(24)7)26(30)25-21(28(33-11)34-12)14-13-15-23(25)32-10/h13-15,17-19,22,26,28,30H,16H2,1-12H3/t22-,26-/m0/s1. The van der Waals surface area contributed by atoms with Crippen LogP contribution in [0.4, 0.5) is 0 Å². The van der Waals surface area contributed by atoms with E-state index in [1.54, 1.807) is 21.3 Å². The van der Waals surface area contributed by atoms with E-state index < -0.39 is 32.0 Å². The van der Waals surface area contributed by atoms with E-state index in [9.17, 15) is 9.90 Å². The number of hydrogen-bond donors (Lipinski definition) is 1. The molecule has 1 N–H and O–H groups in total. The van der Waals surface area contributed by atoms with Gasteiger partial charge in [0.25, 0.3) is 8.32 Å². The molecule has 0 fully saturated rings. The highest BCUT2D eigenvalue weighted by Gasteiger charge is 2.52. The molecule has 1 aromatic carbocycles. The lowest BCUT2D eigenvalue weighted by Crippen LogP contribution is -2.49. The molecule has 0 heterocycles. The van der Waals surface area contributed by atoms with E-state index in [2.05, 4.69) is 41.5 Å². The number of rotatable bonds is 11. The summed E-state index contributed by atoms with van der Waals surface area (Å²) < 4.78 is 23.8. The number of allylic oxidation sites excluding steroid dienone is 2. The Labute approximate surface area is 219 Å². The maximum atomic E-state index is 13.8. The minimum Gasteiger partial charge on any atom is -0.545 e. The van der Waals surface area contributed by atoms with E-state index in [-0.39, 0.29) is 5.78 Å². The normalized spacial score (nSPS) is 19.6. The van der Waals surface area contributed by atoms with Crippen molar-refractivity contribution in [1.29, 1.82) is 0 Å². The molecule has 0 unspecified atom stereocenters. The van der Waals surface area contributed by atoms with Gasteiger partial charge < -0.3 is 23.7 Å². The zero-order chi connectivity index (χ0) is 27.6. The molecule has 1 aliphatic rings. The number of aliphatic hydroxyl groups excluding tert-OH is 1. The molecule has 7 heteroatoms. The van der Waals surface area contributed by atoms with Gasteiger partial charge in [0.2, 0.25) is 0 Å². The Kier molecular flexibility index (Phi) is 10.0. The van der Waals surface area contributed by atoms with Crippen molar-refractivity contribution in [3.05, 3.63) is 40.7 Å². The SMILES string of the molecule is COc1cccc(C(OC)OC)c1[C@@H](O)[C@@H]1CC(O[Si](C(C)C)(C(C)C)C(C)C)=C(C)C(=O)C1(C)C. The molecule has 0 radical (unpaired) electrons. The Morgan fingerprint density at radius 3 is 1.94 bits per heavy atom. The van der Waals surface area contributed by atoms with Crippen LogP contribution in [0.25, 0.3) is 0 Å². The van der Waals surface area contributed by atoms with Crippen LogP contribution < -0.4 is 4.74 Å². The summed E-state index contributed by atoms with van der Waals surface area (Å²) in [6, 6.07) is 5.52. The van der Waals surface area contributed by atoms with Crippen LogP contribution in [-0.2, 0) is 18.7 Å². The molecule has 2 rings (SSSR count). The Morgan fingerprint density at radius 2 is 1.50 bits per heavy atom. The number of ketones is 1. The van der Waals surface area contributed by atoms with Crippen molar-refractivity contribution in [2.75, 3.05) is 21.3 Å². The summed E-state index contributed by atoms with van der Waals surface area (Å²) in [7, 11) is 2.40. The second-order valence-corrected chi connectivity index (χ2v) is 16.9. The van der Waals surface area contributed by atoms with Gasteiger partial charge in [-0.3, -0.25) is 4.79 Å². The minimum atomic E-state index is -2.29. The molecule has 6 nitrogen and oxygen atoms in total. The number of hydrogen-bond acceptors (Lipinski definition) is 6. The third-order valence-corrected chi connectivity index (χ3v) is 14.4. The predicted molar refractivity (Wildman–Crippen MR) is 146 cm³/mol. The van der Waals surface area contributed by atoms with Crippen LogP contribution in [0.5, 0.6) is 5.75 Å². The topological polar surface area (TPSA) is 74.2 Å². The van der Waals surface area contributed by atoms with E-state index >= 15 is 0 Å². The van der Waals surface area contributed by atoms with E-state index in [0.29, 0.717) is 45.5 Å². The van der Waals surface area contributed by atoms with Gasteiger partial charge in [-0.1, -0.05) is 67.5 Å². The number of benzene rings is 1. The fourth-order valence-electron chi connectivity index (χ4n) is 6.39. The summed E-state index contributed by atoms with van der Waals surface area (Å²) in [6.45, 7) is 19.1. The van der Waals surface area contributed by atoms with E-state index in [1.165, 1.54) is 0 Å². The first-order valence-electron chi connectivity index (χ1n) is 13.1. The molecular formula is C29H48O6Si. The summed E-state index contributed by atoms with van der Waals surface area (Å²) in [5.74, 6) is 0.855. The number of carbonyl (C=O) groups is 1. The molecule has 2 atom stereocenters. The van der Waals surface area contributed by atoms with Crippen LogP contribution in [0.3, 0.4) is 0 Å². The first-order chi connectivity index (χ1) is 16.7. The van der Waals surface area contributed by atoms with Gasteiger partial charge in [0.05, 0.1) is 19.0 Å². The van der Waals surface area contributed by atoms with Crippen LogP contribution in [-0.4, -0.2) is 40.5 Å². The Hall–Kier alpha value is -1.67. The Bertz CT molecular complexity index is 923. The van der Waals surface area contributed by atoms with Crippen LogP contribution in [0.2, 0.25) is 16.6 Å². The molecule has 0 aliphatic heterocycles. The van der Waals surface area contributed by atoms with Gasteiger partial charge in [0, 0.05) is 48.7 Å². The summed E-state index contributed by atoms with van der Waals surface area (Å²) in [5.41, 5.74) is 2.25. The van der Waals surface area contributed by atoms with Crippen LogP contribution >= 0.6 is 0 Å². The van der Waals surface area contributed by atoms with Crippen LogP contribution in [0.1, 0.15) is 92.3 Å². The van der Waals surface area contributed by atoms with E-state index in [0.717, 1.165) is 5.76 Å². The first kappa shape index (κ1) is 30.6. The largest absolute Gasteiger partial charge is 0.545 e. The van der Waals surface area contributed by atoms with Crippen molar-refractivity contribution >= 4 is 14.1 Å². The fraction of sp³-hybridized carbons (Fsp3) is 0.690. The first-order valence-corrected chi connectivity index (χ1v) is 15.2. The summed E-state index contributed by atoms with van der Waals surface area (Å²) in [6.07, 6.45) is -1.21. The molecule has 0 spiro atoms. The van der Waals surface area contributed by atoms with Gasteiger partial charge in [0.1, 0.15) is 5.75 Å². The number of Topliss-reactive ketones (excluding diaryl/α,β-unsaturated/α-hetero) is 1. The quantitative estimate of drug-likeness (QED) is 0.248. The average molecular weight is 521 g/mol. The molecule has 0 saturated carbocycles. The van der Waals surface area contributed by atoms with Gasteiger partial charge in [-0.05, 0) is 29.6 Å². The molecule has 1 aliphatic carbocycles. The van der Waals surface area contributed by atoms with Crippen molar-refractivity contribution < 1.29 is 28.5 Å². The Morgan fingerprint density at radius 1 is 0.972 bits per heavy atom. The zero-order valence-electron chi connectivity index (χ0n) is 24.4. The summed E-state index contributed by atoms with van der Waals surface area (Å²) in [5, 5.41) is 12.0. The lowest BCUT2D eigenvalue weighted by Gasteiger charge is -2.47. The molecule has 1 aromatic rings. The van der Waals surface area contributed by atoms with Crippen molar-refractivity contribution in [3.63, 3.8) is 0 Å². The van der Waals surface area contributed by atoms with Crippen molar-refractivity contribution in [2.24, 2.45) is 11.3 Å². The lowest BCUT2D eigenvalue weighted by molar-refractivity contribution is -0.131. The summed E-state index contributed by atoms with van der Waals surface area (Å²) in [4.78, 5) is 13.8. The minimum absolute atomic E-state index is 0.0125. The van der Waals surface area contributed by atoms with Gasteiger partial charge in [-0.2, -0.15) is 0 Å². The fourth-order valence-corrected chi connectivity index (χ4v) is 11.8. The molecule has 0 bridgehead atoms. The smallest absolute Gasteiger partial charge is 0.258 e. The number of aliphatic hydroxyl groups is 1. The highest BCUT2D eigenvalue weighted by Crippen LogP contribution is 2.52. The number of ether oxygens (including phenoxy) is 3. The van der Waals surface area contributed by atoms with Gasteiger partial charge in [-0.25, -0.2) is 0 Å². The second-order valence-electron chi connectivity index (χ2n) is 11.5. The van der Waals surface area contributed by atoms with Crippen LogP contribution in [0, 0.1) is 11.3 Å². The molecule has 0 aromatic heterocycles. The van der Waals surface area contributed by atoms with Crippen molar-refractivity contribution in [1.82, 2.24) is 0 Å². The van der Waals surface area contributed by atoms with Gasteiger partial charge >= 0.3 is 0 Å². The molecule has 204 valence electrons. The lowest BCUT2D eigenvalue weighted by atomic mass is 9.64. The predicted octanol–water partition coefficient (Wildman–Crippen LogP) is 7.10. The van der Waals surface area contributed by atoms with E-state index in [4.69, 9.17) is 18.6 Å². The second kappa shape index (κ2) is 11.8.